The fourth-order valence-corrected chi connectivity index (χ4v) is 3.85. The average molecular weight is 345 g/mol. The van der Waals surface area contributed by atoms with Crippen LogP contribution >= 0.6 is 0 Å². The second-order valence-corrected chi connectivity index (χ2v) is 8.29. The first-order valence-electron chi connectivity index (χ1n) is 9.56. The molecule has 2 saturated heterocycles. The zero-order valence-electron chi connectivity index (χ0n) is 16.0. The van der Waals surface area contributed by atoms with Crippen molar-refractivity contribution in [3.63, 3.8) is 0 Å². The lowest BCUT2D eigenvalue weighted by Gasteiger charge is -2.37. The van der Waals surface area contributed by atoms with Gasteiger partial charge in [-0.25, -0.2) is 9.78 Å². The highest BCUT2D eigenvalue weighted by Crippen LogP contribution is 2.34. The maximum atomic E-state index is 12.6. The van der Waals surface area contributed by atoms with Crippen molar-refractivity contribution in [1.29, 1.82) is 0 Å². The van der Waals surface area contributed by atoms with Gasteiger partial charge in [-0.1, -0.05) is 0 Å². The molecule has 2 aliphatic rings. The Morgan fingerprint density at radius 1 is 1.16 bits per heavy atom. The maximum Gasteiger partial charge on any atom is 0.410 e. The third kappa shape index (κ3) is 4.25. The first-order chi connectivity index (χ1) is 11.8. The maximum absolute atomic E-state index is 12.6. The Kier molecular flexibility index (Phi) is 5.21. The van der Waals surface area contributed by atoms with Gasteiger partial charge in [-0.15, -0.1) is 0 Å². The number of hydrogen-bond donors (Lipinski definition) is 0. The summed E-state index contributed by atoms with van der Waals surface area (Å²) in [5, 5.41) is 0. The molecule has 1 amide bonds. The van der Waals surface area contributed by atoms with Gasteiger partial charge in [-0.2, -0.15) is 0 Å². The third-order valence-electron chi connectivity index (χ3n) is 4.99. The van der Waals surface area contributed by atoms with E-state index in [1.807, 2.05) is 31.9 Å². The van der Waals surface area contributed by atoms with E-state index in [-0.39, 0.29) is 12.1 Å². The molecule has 0 bridgehead atoms. The second kappa shape index (κ2) is 7.22. The monoisotopic (exact) mass is 345 g/mol. The molecule has 0 aromatic carbocycles. The van der Waals surface area contributed by atoms with Crippen LogP contribution < -0.4 is 4.90 Å². The number of carbonyl (C=O) groups is 1. The van der Waals surface area contributed by atoms with Crippen LogP contribution in [-0.2, 0) is 4.74 Å². The lowest BCUT2D eigenvalue weighted by atomic mass is 9.96. The largest absolute Gasteiger partial charge is 0.444 e. The lowest BCUT2D eigenvalue weighted by Crippen LogP contribution is -2.42. The highest BCUT2D eigenvalue weighted by molar-refractivity contribution is 5.69. The molecule has 0 aliphatic carbocycles. The van der Waals surface area contributed by atoms with E-state index in [1.54, 1.807) is 0 Å². The third-order valence-corrected chi connectivity index (χ3v) is 4.99. The van der Waals surface area contributed by atoms with E-state index in [4.69, 9.17) is 9.72 Å². The molecule has 0 unspecified atom stereocenters. The molecule has 5 heteroatoms. The van der Waals surface area contributed by atoms with E-state index in [0.29, 0.717) is 0 Å². The van der Waals surface area contributed by atoms with Gasteiger partial charge in [-0.3, -0.25) is 0 Å². The highest BCUT2D eigenvalue weighted by atomic mass is 16.6. The van der Waals surface area contributed by atoms with Crippen molar-refractivity contribution < 1.29 is 9.53 Å². The summed E-state index contributed by atoms with van der Waals surface area (Å²) in [5.41, 5.74) is 1.87. The Balaban J connectivity index is 1.80. The Morgan fingerprint density at radius 3 is 2.48 bits per heavy atom. The zero-order valence-corrected chi connectivity index (χ0v) is 16.0. The number of hydrogen-bond acceptors (Lipinski definition) is 4. The van der Waals surface area contributed by atoms with Crippen molar-refractivity contribution in [2.75, 3.05) is 24.5 Å². The molecule has 1 aromatic heterocycles. The SMILES string of the molecule is Cc1cc([C@H]2CCCCN2C(=O)OC(C)(C)C)cnc1N1CCCC1. The van der Waals surface area contributed by atoms with E-state index in [2.05, 4.69) is 17.9 Å². The van der Waals surface area contributed by atoms with E-state index >= 15 is 0 Å². The molecular formula is C20H31N3O2. The van der Waals surface area contributed by atoms with Gasteiger partial charge in [0.15, 0.2) is 0 Å². The Bertz CT molecular complexity index is 618. The number of nitrogens with zero attached hydrogens (tertiary/aromatic N) is 3. The summed E-state index contributed by atoms with van der Waals surface area (Å²) in [6.45, 7) is 10.8. The second-order valence-electron chi connectivity index (χ2n) is 8.29. The highest BCUT2D eigenvalue weighted by Gasteiger charge is 2.32. The summed E-state index contributed by atoms with van der Waals surface area (Å²) in [4.78, 5) is 21.6. The summed E-state index contributed by atoms with van der Waals surface area (Å²) in [6, 6.07) is 2.29. The van der Waals surface area contributed by atoms with Gasteiger partial charge in [0.05, 0.1) is 6.04 Å². The molecule has 5 nitrogen and oxygen atoms in total. The van der Waals surface area contributed by atoms with Crippen molar-refractivity contribution in [3.8, 4) is 0 Å². The quantitative estimate of drug-likeness (QED) is 0.794. The summed E-state index contributed by atoms with van der Waals surface area (Å²) in [6.07, 6.45) is 7.40. The van der Waals surface area contributed by atoms with Gasteiger partial charge in [0, 0.05) is 25.8 Å². The normalized spacial score (nSPS) is 21.5. The molecule has 25 heavy (non-hydrogen) atoms. The Labute approximate surface area is 151 Å². The number of piperidine rings is 1. The number of aromatic nitrogens is 1. The van der Waals surface area contributed by atoms with Crippen LogP contribution in [0.3, 0.4) is 0 Å². The van der Waals surface area contributed by atoms with Crippen LogP contribution in [0.1, 0.15) is 70.0 Å². The number of rotatable bonds is 2. The van der Waals surface area contributed by atoms with Crippen molar-refractivity contribution in [2.45, 2.75) is 71.4 Å². The van der Waals surface area contributed by atoms with Gasteiger partial charge in [0.1, 0.15) is 11.4 Å². The average Bonchev–Trinajstić information content (AvgIpc) is 3.07. The van der Waals surface area contributed by atoms with Crippen molar-refractivity contribution >= 4 is 11.9 Å². The lowest BCUT2D eigenvalue weighted by molar-refractivity contribution is 0.00947. The van der Waals surface area contributed by atoms with Crippen molar-refractivity contribution in [3.05, 3.63) is 23.4 Å². The molecule has 2 fully saturated rings. The molecule has 0 spiro atoms. The zero-order chi connectivity index (χ0) is 18.0. The van der Waals surface area contributed by atoms with Crippen LogP contribution in [0.15, 0.2) is 12.3 Å². The minimum atomic E-state index is -0.465. The Morgan fingerprint density at radius 2 is 1.84 bits per heavy atom. The van der Waals surface area contributed by atoms with Crippen LogP contribution in [0.25, 0.3) is 0 Å². The summed E-state index contributed by atoms with van der Waals surface area (Å²) >= 11 is 0. The van der Waals surface area contributed by atoms with Crippen LogP contribution in [0.2, 0.25) is 0 Å². The number of amides is 1. The summed E-state index contributed by atoms with van der Waals surface area (Å²) in [5.74, 6) is 1.10. The Hall–Kier alpha value is -1.78. The smallest absolute Gasteiger partial charge is 0.410 e. The first-order valence-corrected chi connectivity index (χ1v) is 9.56. The molecule has 3 heterocycles. The molecular weight excluding hydrogens is 314 g/mol. The van der Waals surface area contributed by atoms with Crippen LogP contribution in [0, 0.1) is 6.92 Å². The van der Waals surface area contributed by atoms with Crippen LogP contribution in [-0.4, -0.2) is 41.2 Å². The molecule has 138 valence electrons. The predicted octanol–water partition coefficient (Wildman–Crippen LogP) is 4.45. The molecule has 0 N–H and O–H groups in total. The summed E-state index contributed by atoms with van der Waals surface area (Å²) < 4.78 is 5.62. The fraction of sp³-hybridized carbons (Fsp3) is 0.700. The minimum absolute atomic E-state index is 0.0717. The van der Waals surface area contributed by atoms with Gasteiger partial charge >= 0.3 is 6.09 Å². The van der Waals surface area contributed by atoms with E-state index in [9.17, 15) is 4.79 Å². The van der Waals surface area contributed by atoms with Crippen LogP contribution in [0.4, 0.5) is 10.6 Å². The molecule has 0 saturated carbocycles. The standard InChI is InChI=1S/C20H31N3O2/c1-15-13-16(14-21-18(15)22-10-7-8-11-22)17-9-5-6-12-23(17)19(24)25-20(2,3)4/h13-14,17H,5-12H2,1-4H3/t17-/m1/s1. The van der Waals surface area contributed by atoms with Crippen molar-refractivity contribution in [2.24, 2.45) is 0 Å². The van der Waals surface area contributed by atoms with Crippen molar-refractivity contribution in [1.82, 2.24) is 9.88 Å². The van der Waals surface area contributed by atoms with Gasteiger partial charge < -0.3 is 14.5 Å². The van der Waals surface area contributed by atoms with Crippen LogP contribution in [0.5, 0.6) is 0 Å². The molecule has 1 atom stereocenters. The van der Waals surface area contributed by atoms with E-state index < -0.39 is 5.60 Å². The molecule has 0 radical (unpaired) electrons. The number of carbonyl (C=O) groups excluding carboxylic acids is 1. The topological polar surface area (TPSA) is 45.7 Å². The van der Waals surface area contributed by atoms with Gasteiger partial charge in [0.2, 0.25) is 0 Å². The minimum Gasteiger partial charge on any atom is -0.444 e. The molecule has 1 aromatic rings. The van der Waals surface area contributed by atoms with Gasteiger partial charge in [-0.05, 0) is 77.0 Å². The number of pyridine rings is 1. The molecule has 2 aliphatic heterocycles. The first kappa shape index (κ1) is 18.0. The predicted molar refractivity (Wildman–Crippen MR) is 100.0 cm³/mol. The summed E-state index contributed by atoms with van der Waals surface area (Å²) in [7, 11) is 0. The number of anilines is 1. The molecule has 3 rings (SSSR count). The van der Waals surface area contributed by atoms with E-state index in [1.165, 1.54) is 18.4 Å². The number of ether oxygens (including phenoxy) is 1. The van der Waals surface area contributed by atoms with E-state index in [0.717, 1.165) is 50.3 Å². The number of likely N-dealkylation sites (tertiary alicyclic amines) is 1. The van der Waals surface area contributed by atoms with Gasteiger partial charge in [0.25, 0.3) is 0 Å². The number of aryl methyl sites for hydroxylation is 1. The fourth-order valence-electron chi connectivity index (χ4n) is 3.85.